The molecule has 1 N–H and O–H groups in total. The van der Waals surface area contributed by atoms with Gasteiger partial charge in [-0.3, -0.25) is 0 Å². The highest BCUT2D eigenvalue weighted by atomic mass is 35.5. The second-order valence-corrected chi connectivity index (χ2v) is 3.62. The predicted octanol–water partition coefficient (Wildman–Crippen LogP) is 2.68. The summed E-state index contributed by atoms with van der Waals surface area (Å²) in [5.74, 6) is 0.852. The number of hydrogen-bond donors (Lipinski definition) is 1. The molecule has 1 aliphatic rings. The largest absolute Gasteiger partial charge is 0.494 e. The number of hydrogen-bond acceptors (Lipinski definition) is 3. The SMILES string of the molecule is CCOc1ccc([C@@H]2CCOC(=O)N2)cc1.Cl. The number of cyclic esters (lactones) is 1. The van der Waals surface area contributed by atoms with E-state index in [1.165, 1.54) is 0 Å². The highest BCUT2D eigenvalue weighted by Gasteiger charge is 2.20. The number of nitrogens with one attached hydrogen (secondary N) is 1. The maximum atomic E-state index is 11.1. The minimum atomic E-state index is -0.342. The molecule has 5 heteroatoms. The van der Waals surface area contributed by atoms with Crippen LogP contribution in [0, 0.1) is 0 Å². The Bertz CT molecular complexity index is 367. The Morgan fingerprint density at radius 1 is 1.41 bits per heavy atom. The lowest BCUT2D eigenvalue weighted by Crippen LogP contribution is -2.35. The van der Waals surface area contributed by atoms with Gasteiger partial charge in [-0.2, -0.15) is 0 Å². The third-order valence-electron chi connectivity index (χ3n) is 2.53. The molecule has 4 nitrogen and oxygen atoms in total. The third kappa shape index (κ3) is 3.53. The van der Waals surface area contributed by atoms with Crippen LogP contribution in [0.4, 0.5) is 4.79 Å². The molecule has 1 aromatic rings. The highest BCUT2D eigenvalue weighted by molar-refractivity contribution is 5.85. The summed E-state index contributed by atoms with van der Waals surface area (Å²) in [5.41, 5.74) is 1.08. The summed E-state index contributed by atoms with van der Waals surface area (Å²) in [5, 5.41) is 2.78. The zero-order chi connectivity index (χ0) is 11.4. The number of ether oxygens (including phenoxy) is 2. The van der Waals surface area contributed by atoms with Crippen LogP contribution in [0.2, 0.25) is 0 Å². The molecule has 1 amide bonds. The van der Waals surface area contributed by atoms with Crippen molar-refractivity contribution in [2.75, 3.05) is 13.2 Å². The van der Waals surface area contributed by atoms with E-state index in [9.17, 15) is 4.79 Å². The van der Waals surface area contributed by atoms with Crippen molar-refractivity contribution < 1.29 is 14.3 Å². The predicted molar refractivity (Wildman–Crippen MR) is 66.7 cm³/mol. The van der Waals surface area contributed by atoms with Crippen molar-refractivity contribution in [1.29, 1.82) is 0 Å². The van der Waals surface area contributed by atoms with Gasteiger partial charge in [0.2, 0.25) is 0 Å². The fraction of sp³-hybridized carbons (Fsp3) is 0.417. The third-order valence-corrected chi connectivity index (χ3v) is 2.53. The van der Waals surface area contributed by atoms with Gasteiger partial charge in [-0.05, 0) is 24.6 Å². The number of amides is 1. The number of carbonyl (C=O) groups is 1. The average molecular weight is 258 g/mol. The smallest absolute Gasteiger partial charge is 0.407 e. The van der Waals surface area contributed by atoms with Gasteiger partial charge in [0.1, 0.15) is 5.75 Å². The van der Waals surface area contributed by atoms with Crippen molar-refractivity contribution in [2.24, 2.45) is 0 Å². The molecule has 1 heterocycles. The molecular weight excluding hydrogens is 242 g/mol. The zero-order valence-electron chi connectivity index (χ0n) is 9.64. The summed E-state index contributed by atoms with van der Waals surface area (Å²) in [6.07, 6.45) is 0.463. The van der Waals surface area contributed by atoms with Gasteiger partial charge in [0, 0.05) is 6.42 Å². The van der Waals surface area contributed by atoms with E-state index in [1.807, 2.05) is 31.2 Å². The fourth-order valence-corrected chi connectivity index (χ4v) is 1.74. The summed E-state index contributed by atoms with van der Waals surface area (Å²) >= 11 is 0. The average Bonchev–Trinajstić information content (AvgIpc) is 2.30. The van der Waals surface area contributed by atoms with Crippen LogP contribution >= 0.6 is 12.4 Å². The van der Waals surface area contributed by atoms with E-state index in [-0.39, 0.29) is 24.5 Å². The molecule has 0 unspecified atom stereocenters. The number of benzene rings is 1. The minimum absolute atomic E-state index is 0. The highest BCUT2D eigenvalue weighted by Crippen LogP contribution is 2.22. The fourth-order valence-electron chi connectivity index (χ4n) is 1.74. The molecule has 1 fully saturated rings. The van der Waals surface area contributed by atoms with E-state index >= 15 is 0 Å². The van der Waals surface area contributed by atoms with Gasteiger partial charge in [-0.1, -0.05) is 12.1 Å². The van der Waals surface area contributed by atoms with E-state index < -0.39 is 0 Å². The van der Waals surface area contributed by atoms with E-state index in [4.69, 9.17) is 9.47 Å². The second-order valence-electron chi connectivity index (χ2n) is 3.62. The molecule has 94 valence electrons. The summed E-state index contributed by atoms with van der Waals surface area (Å²) in [7, 11) is 0. The number of carbonyl (C=O) groups excluding carboxylic acids is 1. The monoisotopic (exact) mass is 257 g/mol. The lowest BCUT2D eigenvalue weighted by molar-refractivity contribution is 0.115. The van der Waals surface area contributed by atoms with Crippen molar-refractivity contribution in [2.45, 2.75) is 19.4 Å². The standard InChI is InChI=1S/C12H15NO3.ClH/c1-2-15-10-5-3-9(4-6-10)11-7-8-16-12(14)13-11;/h3-6,11H,2,7-8H2,1H3,(H,13,14);1H/t11-;/m0./s1. The molecule has 1 aromatic carbocycles. The van der Waals surface area contributed by atoms with Crippen molar-refractivity contribution in [3.63, 3.8) is 0 Å². The van der Waals surface area contributed by atoms with Gasteiger partial charge in [0.25, 0.3) is 0 Å². The Kier molecular flexibility index (Phi) is 5.10. The summed E-state index contributed by atoms with van der Waals surface area (Å²) < 4.78 is 10.2. The maximum absolute atomic E-state index is 11.1. The molecule has 2 rings (SSSR count). The van der Waals surface area contributed by atoms with Crippen LogP contribution in [-0.4, -0.2) is 19.3 Å². The van der Waals surface area contributed by atoms with Crippen molar-refractivity contribution in [3.8, 4) is 5.75 Å². The van der Waals surface area contributed by atoms with E-state index in [0.29, 0.717) is 13.2 Å². The van der Waals surface area contributed by atoms with Crippen LogP contribution in [0.25, 0.3) is 0 Å². The van der Waals surface area contributed by atoms with E-state index in [2.05, 4.69) is 5.32 Å². The van der Waals surface area contributed by atoms with Gasteiger partial charge in [0.05, 0.1) is 19.3 Å². The summed E-state index contributed by atoms with van der Waals surface area (Å²) in [6, 6.07) is 7.83. The number of halogens is 1. The quantitative estimate of drug-likeness (QED) is 0.906. The first-order valence-electron chi connectivity index (χ1n) is 5.45. The van der Waals surface area contributed by atoms with Crippen LogP contribution < -0.4 is 10.1 Å². The number of rotatable bonds is 3. The van der Waals surface area contributed by atoms with Gasteiger partial charge >= 0.3 is 6.09 Å². The van der Waals surface area contributed by atoms with Crippen LogP contribution in [0.1, 0.15) is 24.9 Å². The molecule has 0 aliphatic carbocycles. The molecule has 0 radical (unpaired) electrons. The first-order chi connectivity index (χ1) is 7.79. The molecule has 0 saturated carbocycles. The lowest BCUT2D eigenvalue weighted by atomic mass is 10.0. The van der Waals surface area contributed by atoms with Crippen LogP contribution in [0.3, 0.4) is 0 Å². The number of alkyl carbamates (subject to hydrolysis) is 1. The Morgan fingerprint density at radius 3 is 2.71 bits per heavy atom. The molecule has 1 atom stereocenters. The Hall–Kier alpha value is -1.42. The second kappa shape index (κ2) is 6.35. The zero-order valence-corrected chi connectivity index (χ0v) is 10.5. The minimum Gasteiger partial charge on any atom is -0.494 e. The van der Waals surface area contributed by atoms with Gasteiger partial charge in [0.15, 0.2) is 0 Å². The lowest BCUT2D eigenvalue weighted by Gasteiger charge is -2.23. The molecular formula is C12H16ClNO3. The normalized spacial score (nSPS) is 18.6. The first kappa shape index (κ1) is 13.6. The van der Waals surface area contributed by atoms with Crippen LogP contribution in [0.15, 0.2) is 24.3 Å². The van der Waals surface area contributed by atoms with Crippen LogP contribution in [0.5, 0.6) is 5.75 Å². The van der Waals surface area contributed by atoms with E-state index in [0.717, 1.165) is 17.7 Å². The van der Waals surface area contributed by atoms with Gasteiger partial charge in [-0.25, -0.2) is 4.79 Å². The maximum Gasteiger partial charge on any atom is 0.407 e. The Morgan fingerprint density at radius 2 is 2.12 bits per heavy atom. The van der Waals surface area contributed by atoms with E-state index in [1.54, 1.807) is 0 Å². The van der Waals surface area contributed by atoms with Crippen molar-refractivity contribution in [3.05, 3.63) is 29.8 Å². The van der Waals surface area contributed by atoms with Gasteiger partial charge in [-0.15, -0.1) is 12.4 Å². The van der Waals surface area contributed by atoms with Gasteiger partial charge < -0.3 is 14.8 Å². The summed E-state index contributed by atoms with van der Waals surface area (Å²) in [4.78, 5) is 11.1. The molecule has 17 heavy (non-hydrogen) atoms. The Labute approximate surface area is 107 Å². The molecule has 0 aromatic heterocycles. The topological polar surface area (TPSA) is 47.6 Å². The first-order valence-corrected chi connectivity index (χ1v) is 5.45. The van der Waals surface area contributed by atoms with Crippen LogP contribution in [-0.2, 0) is 4.74 Å². The molecule has 0 bridgehead atoms. The molecule has 1 saturated heterocycles. The molecule has 1 aliphatic heterocycles. The summed E-state index contributed by atoms with van der Waals surface area (Å²) in [6.45, 7) is 3.09. The Balaban J connectivity index is 0.00000144. The van der Waals surface area contributed by atoms with Crippen molar-refractivity contribution in [1.82, 2.24) is 5.32 Å². The molecule has 0 spiro atoms. The van der Waals surface area contributed by atoms with Crippen molar-refractivity contribution >= 4 is 18.5 Å².